The molecular formula is C10H8BrNO. The van der Waals surface area contributed by atoms with Crippen molar-refractivity contribution >= 4 is 15.9 Å². The van der Waals surface area contributed by atoms with Crippen LogP contribution >= 0.6 is 15.9 Å². The van der Waals surface area contributed by atoms with Crippen molar-refractivity contribution in [3.63, 3.8) is 0 Å². The predicted molar refractivity (Wildman–Crippen MR) is 54.7 cm³/mol. The monoisotopic (exact) mass is 237 g/mol. The van der Waals surface area contributed by atoms with Gasteiger partial charge in [0.05, 0.1) is 11.6 Å². The molecule has 0 fully saturated rings. The van der Waals surface area contributed by atoms with Crippen LogP contribution in [-0.4, -0.2) is 6.61 Å². The number of hydrogen-bond donors (Lipinski definition) is 0. The zero-order valence-corrected chi connectivity index (χ0v) is 8.54. The second-order valence-corrected chi connectivity index (χ2v) is 3.56. The van der Waals surface area contributed by atoms with Crippen molar-refractivity contribution in [2.45, 2.75) is 0 Å². The summed E-state index contributed by atoms with van der Waals surface area (Å²) in [5.41, 5.74) is 0.630. The number of nitriles is 1. The second kappa shape index (κ2) is 4.68. The van der Waals surface area contributed by atoms with Crippen molar-refractivity contribution in [2.75, 3.05) is 6.61 Å². The molecule has 13 heavy (non-hydrogen) atoms. The molecule has 0 heterocycles. The SMILES string of the molecule is C=C(Br)COc1ccc(C#N)cc1. The largest absolute Gasteiger partial charge is 0.488 e. The van der Waals surface area contributed by atoms with Crippen LogP contribution in [-0.2, 0) is 0 Å². The van der Waals surface area contributed by atoms with E-state index in [-0.39, 0.29) is 0 Å². The number of benzene rings is 1. The van der Waals surface area contributed by atoms with Gasteiger partial charge in [-0.2, -0.15) is 5.26 Å². The average Bonchev–Trinajstić information content (AvgIpc) is 2.15. The molecule has 0 aliphatic heterocycles. The van der Waals surface area contributed by atoms with Gasteiger partial charge in [-0.15, -0.1) is 0 Å². The van der Waals surface area contributed by atoms with E-state index in [1.54, 1.807) is 24.3 Å². The third-order valence-corrected chi connectivity index (χ3v) is 1.61. The highest BCUT2D eigenvalue weighted by molar-refractivity contribution is 9.11. The van der Waals surface area contributed by atoms with Crippen molar-refractivity contribution in [1.29, 1.82) is 5.26 Å². The molecule has 0 bridgehead atoms. The minimum Gasteiger partial charge on any atom is -0.488 e. The van der Waals surface area contributed by atoms with Gasteiger partial charge in [-0.1, -0.05) is 22.5 Å². The zero-order valence-electron chi connectivity index (χ0n) is 6.96. The van der Waals surface area contributed by atoms with Crippen LogP contribution in [0.3, 0.4) is 0 Å². The Bertz CT molecular complexity index is 337. The van der Waals surface area contributed by atoms with E-state index in [1.165, 1.54) is 0 Å². The first kappa shape index (κ1) is 9.82. The molecule has 0 saturated carbocycles. The lowest BCUT2D eigenvalue weighted by Gasteiger charge is -2.03. The van der Waals surface area contributed by atoms with Gasteiger partial charge in [-0.25, -0.2) is 0 Å². The van der Waals surface area contributed by atoms with Gasteiger partial charge in [0.1, 0.15) is 12.4 Å². The van der Waals surface area contributed by atoms with Crippen LogP contribution in [0.4, 0.5) is 0 Å². The fourth-order valence-electron chi connectivity index (χ4n) is 0.787. The predicted octanol–water partition coefficient (Wildman–Crippen LogP) is 2.85. The third kappa shape index (κ3) is 3.30. The summed E-state index contributed by atoms with van der Waals surface area (Å²) in [6.45, 7) is 4.08. The van der Waals surface area contributed by atoms with Crippen LogP contribution in [0, 0.1) is 11.3 Å². The Morgan fingerprint density at radius 1 is 1.46 bits per heavy atom. The Labute approximate surface area is 85.6 Å². The number of rotatable bonds is 3. The van der Waals surface area contributed by atoms with Crippen LogP contribution in [0.25, 0.3) is 0 Å². The van der Waals surface area contributed by atoms with Crippen LogP contribution in [0.1, 0.15) is 5.56 Å². The summed E-state index contributed by atoms with van der Waals surface area (Å²) in [4.78, 5) is 0. The molecule has 3 heteroatoms. The lowest BCUT2D eigenvalue weighted by Crippen LogP contribution is -1.95. The Morgan fingerprint density at radius 3 is 2.54 bits per heavy atom. The highest BCUT2D eigenvalue weighted by atomic mass is 79.9. The van der Waals surface area contributed by atoms with Crippen LogP contribution in [0.2, 0.25) is 0 Å². The molecule has 1 aromatic carbocycles. The first-order valence-corrected chi connectivity index (χ1v) is 4.48. The fraction of sp³-hybridized carbons (Fsp3) is 0.100. The zero-order chi connectivity index (χ0) is 9.68. The molecule has 2 nitrogen and oxygen atoms in total. The lowest BCUT2D eigenvalue weighted by atomic mass is 10.2. The number of hydrogen-bond acceptors (Lipinski definition) is 2. The van der Waals surface area contributed by atoms with E-state index in [9.17, 15) is 0 Å². The molecule has 0 saturated heterocycles. The van der Waals surface area contributed by atoms with E-state index in [0.717, 1.165) is 10.2 Å². The van der Waals surface area contributed by atoms with Crippen molar-refractivity contribution < 1.29 is 4.74 Å². The average molecular weight is 238 g/mol. The van der Waals surface area contributed by atoms with Gasteiger partial charge in [0.2, 0.25) is 0 Å². The highest BCUT2D eigenvalue weighted by Crippen LogP contribution is 2.13. The molecule has 0 aromatic heterocycles. The van der Waals surface area contributed by atoms with E-state index >= 15 is 0 Å². The molecule has 0 aliphatic rings. The summed E-state index contributed by atoms with van der Waals surface area (Å²) in [5, 5.41) is 8.53. The maximum absolute atomic E-state index is 8.53. The first-order chi connectivity index (χ1) is 6.22. The lowest BCUT2D eigenvalue weighted by molar-refractivity contribution is 0.361. The molecular weight excluding hydrogens is 230 g/mol. The number of ether oxygens (including phenoxy) is 1. The molecule has 1 rings (SSSR count). The Kier molecular flexibility index (Phi) is 3.53. The number of halogens is 1. The fourth-order valence-corrected chi connectivity index (χ4v) is 0.902. The Balaban J connectivity index is 2.60. The van der Waals surface area contributed by atoms with E-state index in [0.29, 0.717) is 12.2 Å². The summed E-state index contributed by atoms with van der Waals surface area (Å²) in [6, 6.07) is 8.98. The van der Waals surface area contributed by atoms with Gasteiger partial charge in [-0.05, 0) is 24.3 Å². The van der Waals surface area contributed by atoms with Gasteiger partial charge < -0.3 is 4.74 Å². The Morgan fingerprint density at radius 2 is 2.08 bits per heavy atom. The minimum absolute atomic E-state index is 0.436. The van der Waals surface area contributed by atoms with Crippen molar-refractivity contribution in [3.05, 3.63) is 40.9 Å². The molecule has 0 N–H and O–H groups in total. The third-order valence-electron chi connectivity index (χ3n) is 1.38. The second-order valence-electron chi connectivity index (χ2n) is 2.44. The smallest absolute Gasteiger partial charge is 0.119 e. The van der Waals surface area contributed by atoms with Crippen LogP contribution in [0.5, 0.6) is 5.75 Å². The quantitative estimate of drug-likeness (QED) is 0.811. The molecule has 0 unspecified atom stereocenters. The normalized spacial score (nSPS) is 8.92. The van der Waals surface area contributed by atoms with Crippen LogP contribution in [0.15, 0.2) is 35.3 Å². The van der Waals surface area contributed by atoms with E-state index in [2.05, 4.69) is 22.5 Å². The summed E-state index contributed by atoms with van der Waals surface area (Å²) in [7, 11) is 0. The van der Waals surface area contributed by atoms with E-state index in [4.69, 9.17) is 10.00 Å². The molecule has 0 atom stereocenters. The minimum atomic E-state index is 0.436. The van der Waals surface area contributed by atoms with Gasteiger partial charge in [0, 0.05) is 4.48 Å². The molecule has 0 amide bonds. The summed E-state index contributed by atoms with van der Waals surface area (Å²) in [6.07, 6.45) is 0. The van der Waals surface area contributed by atoms with Gasteiger partial charge in [0.25, 0.3) is 0 Å². The highest BCUT2D eigenvalue weighted by Gasteiger charge is 1.94. The van der Waals surface area contributed by atoms with Crippen molar-refractivity contribution in [3.8, 4) is 11.8 Å². The standard InChI is InChI=1S/C10H8BrNO/c1-8(11)7-13-10-4-2-9(6-12)3-5-10/h2-5H,1,7H2. The maximum atomic E-state index is 8.53. The van der Waals surface area contributed by atoms with E-state index < -0.39 is 0 Å². The number of nitrogens with zero attached hydrogens (tertiary/aromatic N) is 1. The first-order valence-electron chi connectivity index (χ1n) is 3.68. The van der Waals surface area contributed by atoms with Gasteiger partial charge in [-0.3, -0.25) is 0 Å². The van der Waals surface area contributed by atoms with Crippen molar-refractivity contribution in [1.82, 2.24) is 0 Å². The van der Waals surface area contributed by atoms with Crippen LogP contribution < -0.4 is 4.74 Å². The molecule has 66 valence electrons. The topological polar surface area (TPSA) is 33.0 Å². The molecule has 0 aliphatic carbocycles. The maximum Gasteiger partial charge on any atom is 0.119 e. The summed E-state index contributed by atoms with van der Waals surface area (Å²) >= 11 is 3.19. The summed E-state index contributed by atoms with van der Waals surface area (Å²) < 4.78 is 6.10. The molecule has 1 aromatic rings. The van der Waals surface area contributed by atoms with Gasteiger partial charge >= 0.3 is 0 Å². The van der Waals surface area contributed by atoms with Crippen molar-refractivity contribution in [2.24, 2.45) is 0 Å². The molecule has 0 spiro atoms. The van der Waals surface area contributed by atoms with Gasteiger partial charge in [0.15, 0.2) is 0 Å². The molecule has 0 radical (unpaired) electrons. The van der Waals surface area contributed by atoms with E-state index in [1.807, 2.05) is 6.07 Å². The summed E-state index contributed by atoms with van der Waals surface area (Å²) in [5.74, 6) is 0.736. The Hall–Kier alpha value is -1.27.